The number of ether oxygens (including phenoxy) is 1. The molecule has 0 spiro atoms. The standard InChI is InChI=1S/C17H15N5O2S2/c18-8-9-11(10-2-1-7-25-10)12-13(19)14(26-16(12)21-15(9)20)17(23)22-3-5-24-6-4-22/h1-2,7H,3-6,19H2,(H2,20,21). The summed E-state index contributed by atoms with van der Waals surface area (Å²) < 4.78 is 5.30. The van der Waals surface area contributed by atoms with E-state index in [4.69, 9.17) is 16.2 Å². The van der Waals surface area contributed by atoms with Gasteiger partial charge in [-0.15, -0.1) is 22.7 Å². The number of rotatable bonds is 2. The Morgan fingerprint density at radius 2 is 2.12 bits per heavy atom. The molecule has 1 aliphatic heterocycles. The van der Waals surface area contributed by atoms with Gasteiger partial charge in [0.25, 0.3) is 5.91 Å². The number of nitrogens with zero attached hydrogens (tertiary/aromatic N) is 3. The smallest absolute Gasteiger partial charge is 0.266 e. The molecule has 7 nitrogen and oxygen atoms in total. The van der Waals surface area contributed by atoms with E-state index in [1.54, 1.807) is 4.90 Å². The van der Waals surface area contributed by atoms with Crippen LogP contribution in [0.3, 0.4) is 0 Å². The molecule has 0 atom stereocenters. The Labute approximate surface area is 157 Å². The van der Waals surface area contributed by atoms with Crippen molar-refractivity contribution in [2.24, 2.45) is 0 Å². The van der Waals surface area contributed by atoms with E-state index in [0.29, 0.717) is 52.6 Å². The number of hydrogen-bond donors (Lipinski definition) is 2. The molecule has 0 bridgehead atoms. The zero-order valence-corrected chi connectivity index (χ0v) is 15.3. The van der Waals surface area contributed by atoms with Crippen LogP contribution in [0.5, 0.6) is 0 Å². The van der Waals surface area contributed by atoms with Crippen LogP contribution in [-0.4, -0.2) is 42.1 Å². The molecule has 3 aromatic heterocycles. The third-order valence-corrected chi connectivity index (χ3v) is 6.25. The van der Waals surface area contributed by atoms with Crippen molar-refractivity contribution in [3.63, 3.8) is 0 Å². The molecular weight excluding hydrogens is 370 g/mol. The molecule has 1 saturated heterocycles. The summed E-state index contributed by atoms with van der Waals surface area (Å²) in [6, 6.07) is 5.93. The maximum Gasteiger partial charge on any atom is 0.266 e. The largest absolute Gasteiger partial charge is 0.397 e. The molecule has 0 radical (unpaired) electrons. The minimum Gasteiger partial charge on any atom is -0.397 e. The quantitative estimate of drug-likeness (QED) is 0.700. The molecule has 1 fully saturated rings. The molecular formula is C17H15N5O2S2. The summed E-state index contributed by atoms with van der Waals surface area (Å²) >= 11 is 2.70. The van der Waals surface area contributed by atoms with Crippen molar-refractivity contribution in [1.82, 2.24) is 9.88 Å². The molecule has 3 aromatic rings. The molecule has 132 valence electrons. The number of fused-ring (bicyclic) bond motifs is 1. The Hall–Kier alpha value is -2.67. The summed E-state index contributed by atoms with van der Waals surface area (Å²) in [6.07, 6.45) is 0. The fraction of sp³-hybridized carbons (Fsp3) is 0.235. The minimum absolute atomic E-state index is 0.136. The number of morpholine rings is 1. The van der Waals surface area contributed by atoms with Crippen LogP contribution >= 0.6 is 22.7 Å². The van der Waals surface area contributed by atoms with Crippen LogP contribution in [-0.2, 0) is 4.74 Å². The Balaban J connectivity index is 1.94. The molecule has 1 aliphatic rings. The van der Waals surface area contributed by atoms with Gasteiger partial charge in [0, 0.05) is 28.9 Å². The molecule has 4 N–H and O–H groups in total. The summed E-state index contributed by atoms with van der Waals surface area (Å²) in [5.74, 6) is 0.0121. The second kappa shape index (κ2) is 6.57. The molecule has 1 amide bonds. The number of pyridine rings is 1. The number of amides is 1. The summed E-state index contributed by atoms with van der Waals surface area (Å²) in [7, 11) is 0. The number of thiophene rings is 2. The van der Waals surface area contributed by atoms with E-state index >= 15 is 0 Å². The highest BCUT2D eigenvalue weighted by molar-refractivity contribution is 7.21. The van der Waals surface area contributed by atoms with Crippen LogP contribution in [0.15, 0.2) is 17.5 Å². The fourth-order valence-electron chi connectivity index (χ4n) is 3.02. The van der Waals surface area contributed by atoms with E-state index < -0.39 is 0 Å². The van der Waals surface area contributed by atoms with Crippen molar-refractivity contribution < 1.29 is 9.53 Å². The Bertz CT molecular complexity index is 1030. The number of nitrogen functional groups attached to an aromatic ring is 2. The average Bonchev–Trinajstić information content (AvgIpc) is 3.29. The van der Waals surface area contributed by atoms with Crippen molar-refractivity contribution in [3.8, 4) is 16.5 Å². The molecule has 0 unspecified atom stereocenters. The van der Waals surface area contributed by atoms with Crippen molar-refractivity contribution in [2.75, 3.05) is 37.8 Å². The normalized spacial score (nSPS) is 14.5. The number of carbonyl (C=O) groups is 1. The van der Waals surface area contributed by atoms with E-state index in [2.05, 4.69) is 11.1 Å². The van der Waals surface area contributed by atoms with Crippen LogP contribution in [0.2, 0.25) is 0 Å². The van der Waals surface area contributed by atoms with Crippen molar-refractivity contribution >= 4 is 50.3 Å². The molecule has 26 heavy (non-hydrogen) atoms. The van der Waals surface area contributed by atoms with Crippen molar-refractivity contribution in [3.05, 3.63) is 28.0 Å². The topological polar surface area (TPSA) is 118 Å². The van der Waals surface area contributed by atoms with Gasteiger partial charge < -0.3 is 21.1 Å². The van der Waals surface area contributed by atoms with E-state index in [9.17, 15) is 10.1 Å². The number of aromatic nitrogens is 1. The van der Waals surface area contributed by atoms with Crippen LogP contribution in [0, 0.1) is 11.3 Å². The van der Waals surface area contributed by atoms with Crippen molar-refractivity contribution in [1.29, 1.82) is 5.26 Å². The summed E-state index contributed by atoms with van der Waals surface area (Å²) in [5, 5.41) is 12.1. The fourth-order valence-corrected chi connectivity index (χ4v) is 4.88. The predicted molar refractivity (Wildman–Crippen MR) is 103 cm³/mol. The maximum atomic E-state index is 12.9. The Kier molecular flexibility index (Phi) is 4.24. The first-order chi connectivity index (χ1) is 12.6. The van der Waals surface area contributed by atoms with Crippen LogP contribution < -0.4 is 11.5 Å². The first-order valence-corrected chi connectivity index (χ1v) is 9.64. The number of carbonyl (C=O) groups excluding carboxylic acids is 1. The van der Waals surface area contributed by atoms with Gasteiger partial charge in [-0.05, 0) is 11.4 Å². The van der Waals surface area contributed by atoms with Gasteiger partial charge in [-0.3, -0.25) is 4.79 Å². The highest BCUT2D eigenvalue weighted by Crippen LogP contribution is 2.44. The lowest BCUT2D eigenvalue weighted by molar-refractivity contribution is 0.0307. The Morgan fingerprint density at radius 3 is 2.77 bits per heavy atom. The lowest BCUT2D eigenvalue weighted by Crippen LogP contribution is -2.40. The summed E-state index contributed by atoms with van der Waals surface area (Å²) in [5.41, 5.74) is 13.7. The first kappa shape index (κ1) is 16.8. The molecule has 9 heteroatoms. The maximum absolute atomic E-state index is 12.9. The monoisotopic (exact) mass is 385 g/mol. The summed E-state index contributed by atoms with van der Waals surface area (Å²) in [6.45, 7) is 2.09. The SMILES string of the molecule is N#Cc1c(N)nc2sc(C(=O)N3CCOCC3)c(N)c2c1-c1cccs1. The van der Waals surface area contributed by atoms with E-state index in [0.717, 1.165) is 4.88 Å². The number of nitrogens with two attached hydrogens (primary N) is 2. The molecule has 4 heterocycles. The van der Waals surface area contributed by atoms with Gasteiger partial charge in [-0.25, -0.2) is 4.98 Å². The first-order valence-electron chi connectivity index (χ1n) is 7.94. The third-order valence-electron chi connectivity index (χ3n) is 4.28. The molecule has 0 aliphatic carbocycles. The second-order valence-corrected chi connectivity index (χ2v) is 7.71. The highest BCUT2D eigenvalue weighted by Gasteiger charge is 2.27. The Morgan fingerprint density at radius 1 is 1.35 bits per heavy atom. The van der Waals surface area contributed by atoms with E-state index in [1.807, 2.05) is 17.5 Å². The molecule has 4 rings (SSSR count). The van der Waals surface area contributed by atoms with Gasteiger partial charge in [0.15, 0.2) is 0 Å². The highest BCUT2D eigenvalue weighted by atomic mass is 32.1. The number of hydrogen-bond acceptors (Lipinski definition) is 8. The van der Waals surface area contributed by atoms with Crippen LogP contribution in [0.4, 0.5) is 11.5 Å². The van der Waals surface area contributed by atoms with Crippen LogP contribution in [0.1, 0.15) is 15.2 Å². The van der Waals surface area contributed by atoms with Gasteiger partial charge in [0.1, 0.15) is 27.2 Å². The summed E-state index contributed by atoms with van der Waals surface area (Å²) in [4.78, 5) is 20.8. The van der Waals surface area contributed by atoms with Crippen molar-refractivity contribution in [2.45, 2.75) is 0 Å². The van der Waals surface area contributed by atoms with Gasteiger partial charge in [-0.2, -0.15) is 5.26 Å². The van der Waals surface area contributed by atoms with E-state index in [1.165, 1.54) is 22.7 Å². The van der Waals surface area contributed by atoms with Gasteiger partial charge in [0.2, 0.25) is 0 Å². The average molecular weight is 385 g/mol. The lowest BCUT2D eigenvalue weighted by atomic mass is 10.0. The second-order valence-electron chi connectivity index (χ2n) is 5.77. The molecule has 0 saturated carbocycles. The number of anilines is 2. The minimum atomic E-state index is -0.136. The van der Waals surface area contributed by atoms with Gasteiger partial charge >= 0.3 is 0 Å². The van der Waals surface area contributed by atoms with Gasteiger partial charge in [0.05, 0.1) is 18.9 Å². The zero-order valence-electron chi connectivity index (χ0n) is 13.7. The lowest BCUT2D eigenvalue weighted by Gasteiger charge is -2.26. The molecule has 0 aromatic carbocycles. The van der Waals surface area contributed by atoms with Crippen LogP contribution in [0.25, 0.3) is 20.7 Å². The zero-order chi connectivity index (χ0) is 18.3. The third kappa shape index (κ3) is 2.59. The predicted octanol–water partition coefficient (Wildman–Crippen LogP) is 2.53. The van der Waals surface area contributed by atoms with E-state index in [-0.39, 0.29) is 17.3 Å². The number of nitriles is 1. The van der Waals surface area contributed by atoms with Gasteiger partial charge in [-0.1, -0.05) is 6.07 Å².